The third-order valence-corrected chi connectivity index (χ3v) is 4.96. The maximum atomic E-state index is 11.0. The van der Waals surface area contributed by atoms with Crippen LogP contribution >= 0.6 is 0 Å². The highest BCUT2D eigenvalue weighted by molar-refractivity contribution is 5.16. The average molecular weight is 277 g/mol. The SMILES string of the molecule is CC[C@H]1N(Cc2ccccc2)CC[C@](C)(O)[C@]1(O)CC. The lowest BCUT2D eigenvalue weighted by Gasteiger charge is -2.54. The maximum Gasteiger partial charge on any atom is 0.108 e. The zero-order valence-electron chi connectivity index (χ0n) is 12.8. The van der Waals surface area contributed by atoms with E-state index in [1.54, 1.807) is 6.92 Å². The van der Waals surface area contributed by atoms with Crippen molar-refractivity contribution >= 4 is 0 Å². The molecule has 0 aliphatic carbocycles. The van der Waals surface area contributed by atoms with Gasteiger partial charge in [0.25, 0.3) is 0 Å². The molecule has 2 rings (SSSR count). The van der Waals surface area contributed by atoms with E-state index in [9.17, 15) is 10.2 Å². The van der Waals surface area contributed by atoms with Gasteiger partial charge in [-0.25, -0.2) is 0 Å². The summed E-state index contributed by atoms with van der Waals surface area (Å²) in [6.07, 6.45) is 2.03. The molecule has 0 bridgehead atoms. The van der Waals surface area contributed by atoms with Gasteiger partial charge in [-0.2, -0.15) is 0 Å². The first-order chi connectivity index (χ1) is 9.44. The van der Waals surface area contributed by atoms with Crippen molar-refractivity contribution in [2.24, 2.45) is 0 Å². The molecular formula is C17H27NO2. The monoisotopic (exact) mass is 277 g/mol. The number of nitrogens with zero attached hydrogens (tertiary/aromatic N) is 1. The van der Waals surface area contributed by atoms with Crippen molar-refractivity contribution in [3.05, 3.63) is 35.9 Å². The molecule has 1 aliphatic rings. The fraction of sp³-hybridized carbons (Fsp3) is 0.647. The van der Waals surface area contributed by atoms with Gasteiger partial charge in [0.1, 0.15) is 5.60 Å². The van der Waals surface area contributed by atoms with E-state index < -0.39 is 11.2 Å². The van der Waals surface area contributed by atoms with Gasteiger partial charge < -0.3 is 10.2 Å². The number of hydrogen-bond acceptors (Lipinski definition) is 3. The molecule has 112 valence electrons. The van der Waals surface area contributed by atoms with Crippen LogP contribution in [0.4, 0.5) is 0 Å². The molecule has 1 saturated heterocycles. The number of benzene rings is 1. The van der Waals surface area contributed by atoms with Crippen LogP contribution in [-0.2, 0) is 6.54 Å². The van der Waals surface area contributed by atoms with Crippen molar-refractivity contribution in [2.75, 3.05) is 6.54 Å². The largest absolute Gasteiger partial charge is 0.387 e. The summed E-state index contributed by atoms with van der Waals surface area (Å²) in [5.74, 6) is 0. The van der Waals surface area contributed by atoms with Gasteiger partial charge in [0.2, 0.25) is 0 Å². The summed E-state index contributed by atoms with van der Waals surface area (Å²) >= 11 is 0. The Morgan fingerprint density at radius 2 is 1.85 bits per heavy atom. The minimum atomic E-state index is -1.03. The third kappa shape index (κ3) is 2.62. The zero-order valence-corrected chi connectivity index (χ0v) is 12.8. The van der Waals surface area contributed by atoms with E-state index in [2.05, 4.69) is 24.0 Å². The van der Waals surface area contributed by atoms with Crippen LogP contribution < -0.4 is 0 Å². The minimum Gasteiger partial charge on any atom is -0.387 e. The van der Waals surface area contributed by atoms with Crippen molar-refractivity contribution in [3.8, 4) is 0 Å². The standard InChI is InChI=1S/C17H27NO2/c1-4-15-17(20,5-2)16(3,19)11-12-18(15)13-14-9-7-6-8-10-14/h6-10,15,19-20H,4-5,11-13H2,1-3H3/t15-,16+,17+/m1/s1. The summed E-state index contributed by atoms with van der Waals surface area (Å²) in [6, 6.07) is 10.3. The molecule has 1 heterocycles. The van der Waals surface area contributed by atoms with Crippen LogP contribution in [0.2, 0.25) is 0 Å². The fourth-order valence-corrected chi connectivity index (χ4v) is 3.61. The molecule has 3 heteroatoms. The first kappa shape index (κ1) is 15.5. The molecule has 1 aromatic carbocycles. The summed E-state index contributed by atoms with van der Waals surface area (Å²) in [4.78, 5) is 2.32. The van der Waals surface area contributed by atoms with Crippen LogP contribution in [0.15, 0.2) is 30.3 Å². The smallest absolute Gasteiger partial charge is 0.108 e. The van der Waals surface area contributed by atoms with Gasteiger partial charge >= 0.3 is 0 Å². The molecule has 3 nitrogen and oxygen atoms in total. The molecule has 2 N–H and O–H groups in total. The molecule has 0 aromatic heterocycles. The number of hydrogen-bond donors (Lipinski definition) is 2. The Labute approximate surface area is 122 Å². The van der Waals surface area contributed by atoms with Crippen LogP contribution in [0.1, 0.15) is 45.6 Å². The van der Waals surface area contributed by atoms with Gasteiger partial charge in [-0.15, -0.1) is 0 Å². The summed E-state index contributed by atoms with van der Waals surface area (Å²) in [6.45, 7) is 7.48. The number of likely N-dealkylation sites (tertiary alicyclic amines) is 1. The van der Waals surface area contributed by atoms with E-state index in [-0.39, 0.29) is 6.04 Å². The Balaban J connectivity index is 2.23. The first-order valence-corrected chi connectivity index (χ1v) is 7.67. The average Bonchev–Trinajstić information content (AvgIpc) is 2.44. The lowest BCUT2D eigenvalue weighted by molar-refractivity contribution is -0.212. The molecule has 1 fully saturated rings. The Morgan fingerprint density at radius 3 is 2.40 bits per heavy atom. The van der Waals surface area contributed by atoms with Gasteiger partial charge in [0.15, 0.2) is 0 Å². The highest BCUT2D eigenvalue weighted by Gasteiger charge is 2.54. The zero-order chi connectivity index (χ0) is 14.8. The summed E-state index contributed by atoms with van der Waals surface area (Å²) < 4.78 is 0. The first-order valence-electron chi connectivity index (χ1n) is 7.67. The predicted molar refractivity (Wildman–Crippen MR) is 81.4 cm³/mol. The second-order valence-electron chi connectivity index (χ2n) is 6.18. The molecule has 0 saturated carbocycles. The van der Waals surface area contributed by atoms with E-state index in [4.69, 9.17) is 0 Å². The van der Waals surface area contributed by atoms with Crippen LogP contribution in [0.3, 0.4) is 0 Å². The van der Waals surface area contributed by atoms with Crippen LogP contribution in [-0.4, -0.2) is 38.9 Å². The summed E-state index contributed by atoms with van der Waals surface area (Å²) in [7, 11) is 0. The maximum absolute atomic E-state index is 11.0. The van der Waals surface area contributed by atoms with Crippen molar-refractivity contribution in [2.45, 2.75) is 63.8 Å². The van der Waals surface area contributed by atoms with E-state index in [0.717, 1.165) is 19.5 Å². The van der Waals surface area contributed by atoms with E-state index in [1.165, 1.54) is 5.56 Å². The van der Waals surface area contributed by atoms with Gasteiger partial charge in [-0.05, 0) is 31.7 Å². The molecule has 3 atom stereocenters. The molecule has 0 spiro atoms. The van der Waals surface area contributed by atoms with Crippen LogP contribution in [0.5, 0.6) is 0 Å². The van der Waals surface area contributed by atoms with E-state index >= 15 is 0 Å². The Hall–Kier alpha value is -0.900. The second kappa shape index (κ2) is 5.84. The Bertz CT molecular complexity index is 432. The Morgan fingerprint density at radius 1 is 1.20 bits per heavy atom. The highest BCUT2D eigenvalue weighted by Crippen LogP contribution is 2.40. The molecule has 0 unspecified atom stereocenters. The molecule has 0 amide bonds. The minimum absolute atomic E-state index is 0.00328. The van der Waals surface area contributed by atoms with Gasteiger partial charge in [-0.3, -0.25) is 4.90 Å². The third-order valence-electron chi connectivity index (χ3n) is 4.96. The second-order valence-corrected chi connectivity index (χ2v) is 6.18. The van der Waals surface area contributed by atoms with E-state index in [1.807, 2.05) is 25.1 Å². The molecule has 1 aliphatic heterocycles. The number of piperidine rings is 1. The van der Waals surface area contributed by atoms with Crippen molar-refractivity contribution < 1.29 is 10.2 Å². The van der Waals surface area contributed by atoms with Gasteiger partial charge in [-0.1, -0.05) is 44.2 Å². The molecule has 20 heavy (non-hydrogen) atoms. The summed E-state index contributed by atoms with van der Waals surface area (Å²) in [5, 5.41) is 21.6. The van der Waals surface area contributed by atoms with Crippen LogP contribution in [0, 0.1) is 0 Å². The normalized spacial score (nSPS) is 35.1. The fourth-order valence-electron chi connectivity index (χ4n) is 3.61. The summed E-state index contributed by atoms with van der Waals surface area (Å²) in [5.41, 5.74) is -0.782. The lowest BCUT2D eigenvalue weighted by atomic mass is 9.70. The quantitative estimate of drug-likeness (QED) is 0.889. The molecule has 1 aromatic rings. The topological polar surface area (TPSA) is 43.7 Å². The predicted octanol–water partition coefficient (Wildman–Crippen LogP) is 2.56. The lowest BCUT2D eigenvalue weighted by Crippen LogP contribution is -2.68. The highest BCUT2D eigenvalue weighted by atomic mass is 16.4. The number of rotatable bonds is 4. The van der Waals surface area contributed by atoms with Crippen molar-refractivity contribution in [1.29, 1.82) is 0 Å². The van der Waals surface area contributed by atoms with Crippen molar-refractivity contribution in [1.82, 2.24) is 4.90 Å². The van der Waals surface area contributed by atoms with E-state index in [0.29, 0.717) is 12.8 Å². The van der Waals surface area contributed by atoms with Gasteiger partial charge in [0, 0.05) is 19.1 Å². The van der Waals surface area contributed by atoms with Gasteiger partial charge in [0.05, 0.1) is 5.60 Å². The molecular weight excluding hydrogens is 250 g/mol. The van der Waals surface area contributed by atoms with Crippen LogP contribution in [0.25, 0.3) is 0 Å². The Kier molecular flexibility index (Phi) is 4.52. The number of aliphatic hydroxyl groups is 2. The molecule has 0 radical (unpaired) electrons. The van der Waals surface area contributed by atoms with Crippen molar-refractivity contribution in [3.63, 3.8) is 0 Å².